The second-order valence-corrected chi connectivity index (χ2v) is 12.8. The number of amides is 4. The van der Waals surface area contributed by atoms with E-state index < -0.39 is 35.7 Å². The summed E-state index contributed by atoms with van der Waals surface area (Å²) in [6, 6.07) is 17.2. The summed E-state index contributed by atoms with van der Waals surface area (Å²) in [4.78, 5) is 45.6. The molecule has 0 saturated carbocycles. The van der Waals surface area contributed by atoms with Crippen LogP contribution in [0.5, 0.6) is 0 Å². The molecule has 0 bridgehead atoms. The van der Waals surface area contributed by atoms with Gasteiger partial charge in [0.2, 0.25) is 5.91 Å². The van der Waals surface area contributed by atoms with Crippen molar-refractivity contribution in [3.63, 3.8) is 0 Å². The highest BCUT2D eigenvalue weighted by Gasteiger charge is 2.41. The topological polar surface area (TPSA) is 133 Å². The monoisotopic (exact) mass is 607 g/mol. The lowest BCUT2D eigenvalue weighted by Crippen LogP contribution is -2.57. The van der Waals surface area contributed by atoms with Crippen LogP contribution in [-0.4, -0.2) is 70.3 Å². The number of aliphatic hydroxyl groups is 1. The summed E-state index contributed by atoms with van der Waals surface area (Å²) in [5, 5.41) is 20.4. The van der Waals surface area contributed by atoms with Crippen LogP contribution in [0, 0.1) is 5.41 Å². The quantitative estimate of drug-likeness (QED) is 0.233. The number of aromatic nitrogens is 1. The van der Waals surface area contributed by atoms with Gasteiger partial charge in [0.25, 0.3) is 0 Å². The molecule has 1 aliphatic rings. The Kier molecular flexibility index (Phi) is 11.1. The zero-order chi connectivity index (χ0) is 30.8. The Bertz CT molecular complexity index is 1320. The minimum Gasteiger partial charge on any atom is -0.444 e. The van der Waals surface area contributed by atoms with Gasteiger partial charge in [-0.1, -0.05) is 81.4 Å². The van der Waals surface area contributed by atoms with Crippen molar-refractivity contribution in [3.8, 4) is 0 Å². The third kappa shape index (κ3) is 9.52. The first-order chi connectivity index (χ1) is 20.6. The second kappa shape index (κ2) is 15.0. The molecule has 0 spiro atoms. The molecule has 3 aromatic rings. The number of nitrogens with zero attached hydrogens (tertiary/aromatic N) is 2. The van der Waals surface area contributed by atoms with Crippen LogP contribution >= 0.6 is 11.3 Å². The average molecular weight is 608 g/mol. The molecule has 4 amide bonds. The fraction of sp³-hybridized carbons (Fsp3) is 0.438. The van der Waals surface area contributed by atoms with Gasteiger partial charge in [0.15, 0.2) is 0 Å². The van der Waals surface area contributed by atoms with Crippen molar-refractivity contribution in [1.82, 2.24) is 25.8 Å². The molecule has 230 valence electrons. The number of hydrogen-bond acceptors (Lipinski definition) is 7. The van der Waals surface area contributed by atoms with E-state index in [-0.39, 0.29) is 25.0 Å². The number of aliphatic hydroxyl groups excluding tert-OH is 1. The minimum absolute atomic E-state index is 0.0790. The smallest absolute Gasteiger partial charge is 0.407 e. The van der Waals surface area contributed by atoms with Crippen LogP contribution in [0.2, 0.25) is 0 Å². The first kappa shape index (κ1) is 32.0. The van der Waals surface area contributed by atoms with Gasteiger partial charge in [-0.3, -0.25) is 9.78 Å². The summed E-state index contributed by atoms with van der Waals surface area (Å²) >= 11 is 1.39. The molecule has 43 heavy (non-hydrogen) atoms. The van der Waals surface area contributed by atoms with E-state index in [1.54, 1.807) is 16.6 Å². The van der Waals surface area contributed by atoms with Gasteiger partial charge in [0.05, 0.1) is 22.5 Å². The van der Waals surface area contributed by atoms with Crippen molar-refractivity contribution < 1.29 is 24.2 Å². The highest BCUT2D eigenvalue weighted by Crippen LogP contribution is 2.26. The number of carbonyl (C=O) groups excluding carboxylic acids is 3. The van der Waals surface area contributed by atoms with Crippen LogP contribution in [-0.2, 0) is 29.0 Å². The van der Waals surface area contributed by atoms with Crippen molar-refractivity contribution in [3.05, 3.63) is 88.4 Å². The van der Waals surface area contributed by atoms with Crippen LogP contribution < -0.4 is 16.0 Å². The van der Waals surface area contributed by atoms with Crippen LogP contribution in [0.1, 0.15) is 43.2 Å². The van der Waals surface area contributed by atoms with Crippen molar-refractivity contribution >= 4 is 29.4 Å². The Balaban J connectivity index is 1.52. The van der Waals surface area contributed by atoms with E-state index in [2.05, 4.69) is 20.9 Å². The zero-order valence-corrected chi connectivity index (χ0v) is 25.7. The molecule has 4 atom stereocenters. The largest absolute Gasteiger partial charge is 0.444 e. The molecule has 1 saturated heterocycles. The number of thiazole rings is 1. The predicted molar refractivity (Wildman–Crippen MR) is 165 cm³/mol. The second-order valence-electron chi connectivity index (χ2n) is 11.9. The number of hydrogen-bond donors (Lipinski definition) is 4. The maximum Gasteiger partial charge on any atom is 0.407 e. The number of carbonyl (C=O) groups is 3. The Morgan fingerprint density at radius 2 is 1.70 bits per heavy atom. The van der Waals surface area contributed by atoms with E-state index in [0.29, 0.717) is 25.9 Å². The van der Waals surface area contributed by atoms with Crippen molar-refractivity contribution in [2.24, 2.45) is 5.41 Å². The highest BCUT2D eigenvalue weighted by atomic mass is 32.1. The molecule has 0 aliphatic carbocycles. The Morgan fingerprint density at radius 1 is 1.05 bits per heavy atom. The predicted octanol–water partition coefficient (Wildman–Crippen LogP) is 3.90. The first-order valence-electron chi connectivity index (χ1n) is 14.5. The molecule has 2 heterocycles. The summed E-state index contributed by atoms with van der Waals surface area (Å²) in [6.45, 7) is 6.80. The minimum atomic E-state index is -1.02. The van der Waals surface area contributed by atoms with E-state index in [1.165, 1.54) is 11.3 Å². The molecule has 4 N–H and O–H groups in total. The van der Waals surface area contributed by atoms with E-state index in [0.717, 1.165) is 16.0 Å². The summed E-state index contributed by atoms with van der Waals surface area (Å²) in [6.07, 6.45) is 0.958. The number of ether oxygens (including phenoxy) is 1. The van der Waals surface area contributed by atoms with Crippen LogP contribution in [0.25, 0.3) is 0 Å². The highest BCUT2D eigenvalue weighted by molar-refractivity contribution is 7.09. The summed E-state index contributed by atoms with van der Waals surface area (Å²) < 4.78 is 5.40. The lowest BCUT2D eigenvalue weighted by Gasteiger charge is -2.37. The summed E-state index contributed by atoms with van der Waals surface area (Å²) in [5.41, 5.74) is 3.06. The molecule has 11 heteroatoms. The van der Waals surface area contributed by atoms with E-state index in [9.17, 15) is 19.5 Å². The first-order valence-corrected chi connectivity index (χ1v) is 15.4. The average Bonchev–Trinajstić information content (AvgIpc) is 3.64. The molecular weight excluding hydrogens is 566 g/mol. The standard InChI is InChI=1S/C32H41N5O5S/c1-32(2,3)28(37-15-14-34-30(37)40)29(39)35-24(16-22-10-6-4-7-11-22)18-27(38)26(17-23-12-8-5-9-13-23)36-31(41)42-20-25-19-33-21-43-25/h4-13,19,21,24,26-28,38H,14-18,20H2,1-3H3,(H,34,40)(H,35,39)(H,36,41)/t24-,26-,27-,28+/m0/s1. The number of rotatable bonds is 13. The lowest BCUT2D eigenvalue weighted by molar-refractivity contribution is -0.129. The summed E-state index contributed by atoms with van der Waals surface area (Å²) in [5.74, 6) is -0.283. The van der Waals surface area contributed by atoms with Crippen molar-refractivity contribution in [2.45, 2.75) is 70.9 Å². The fourth-order valence-corrected chi connectivity index (χ4v) is 5.86. The zero-order valence-electron chi connectivity index (χ0n) is 24.9. The van der Waals surface area contributed by atoms with E-state index in [4.69, 9.17) is 4.74 Å². The molecule has 0 unspecified atom stereocenters. The molecule has 1 fully saturated rings. The lowest BCUT2D eigenvalue weighted by atomic mass is 9.84. The van der Waals surface area contributed by atoms with Crippen LogP contribution in [0.4, 0.5) is 9.59 Å². The Morgan fingerprint density at radius 3 is 2.26 bits per heavy atom. The van der Waals surface area contributed by atoms with Crippen molar-refractivity contribution in [2.75, 3.05) is 13.1 Å². The van der Waals surface area contributed by atoms with Gasteiger partial charge >= 0.3 is 12.1 Å². The van der Waals surface area contributed by atoms with E-state index in [1.807, 2.05) is 81.4 Å². The Labute approximate surface area is 256 Å². The van der Waals surface area contributed by atoms with Gasteiger partial charge in [0, 0.05) is 25.3 Å². The molecule has 0 radical (unpaired) electrons. The van der Waals surface area contributed by atoms with Gasteiger partial charge in [0.1, 0.15) is 12.6 Å². The maximum absolute atomic E-state index is 13.8. The van der Waals surface area contributed by atoms with Crippen LogP contribution in [0.15, 0.2) is 72.4 Å². The normalized spacial score (nSPS) is 16.1. The SMILES string of the molecule is CC(C)(C)[C@@H](C(=O)N[C@@H](Cc1ccccc1)C[C@H](O)[C@H](Cc1ccccc1)NC(=O)OCc1cncs1)N1CCNC1=O. The number of nitrogens with one attached hydrogen (secondary N) is 3. The maximum atomic E-state index is 13.8. The van der Waals surface area contributed by atoms with Crippen LogP contribution in [0.3, 0.4) is 0 Å². The van der Waals surface area contributed by atoms with Gasteiger partial charge in [-0.25, -0.2) is 9.59 Å². The number of alkyl carbamates (subject to hydrolysis) is 1. The molecule has 2 aromatic carbocycles. The van der Waals surface area contributed by atoms with Gasteiger partial charge < -0.3 is 30.7 Å². The third-order valence-corrected chi connectivity index (χ3v) is 8.12. The van der Waals surface area contributed by atoms with Gasteiger partial charge in [-0.15, -0.1) is 11.3 Å². The van der Waals surface area contributed by atoms with Gasteiger partial charge in [-0.05, 0) is 35.8 Å². The van der Waals surface area contributed by atoms with E-state index >= 15 is 0 Å². The molecule has 1 aliphatic heterocycles. The molecule has 4 rings (SSSR count). The molecule has 1 aromatic heterocycles. The summed E-state index contributed by atoms with van der Waals surface area (Å²) in [7, 11) is 0. The number of urea groups is 1. The van der Waals surface area contributed by atoms with Gasteiger partial charge in [-0.2, -0.15) is 0 Å². The molecular formula is C32H41N5O5S. The van der Waals surface area contributed by atoms with Crippen molar-refractivity contribution in [1.29, 1.82) is 0 Å². The Hall–Kier alpha value is -3.96. The molecule has 10 nitrogen and oxygen atoms in total. The fourth-order valence-electron chi connectivity index (χ4n) is 5.36. The number of benzene rings is 2. The third-order valence-electron chi connectivity index (χ3n) is 7.36.